The highest BCUT2D eigenvalue weighted by Gasteiger charge is 2.29. The SMILES string of the molecule is CCC(CC)c1cc(Oc2ccc3c4ccccc4n(-c4cc(C(C)(C)C)ccn4)c3c2)cc(N2CN(c3cccc(C(C)C)c3)c3ccccc32)c1. The van der Waals surface area contributed by atoms with Gasteiger partial charge in [-0.25, -0.2) is 4.98 Å². The van der Waals surface area contributed by atoms with E-state index < -0.39 is 0 Å². The van der Waals surface area contributed by atoms with Gasteiger partial charge < -0.3 is 14.5 Å². The first-order chi connectivity index (χ1) is 25.6. The Hall–Kier alpha value is -5.55. The van der Waals surface area contributed by atoms with Gasteiger partial charge in [-0.15, -0.1) is 0 Å². The zero-order valence-electron chi connectivity index (χ0n) is 32.1. The summed E-state index contributed by atoms with van der Waals surface area (Å²) >= 11 is 0. The zero-order valence-corrected chi connectivity index (χ0v) is 32.1. The van der Waals surface area contributed by atoms with Gasteiger partial charge in [0.25, 0.3) is 0 Å². The molecule has 268 valence electrons. The minimum atomic E-state index is 0.00723. The molecule has 0 saturated carbocycles. The van der Waals surface area contributed by atoms with E-state index in [4.69, 9.17) is 9.72 Å². The van der Waals surface area contributed by atoms with E-state index >= 15 is 0 Å². The van der Waals surface area contributed by atoms with Crippen molar-refractivity contribution in [3.8, 4) is 17.3 Å². The molecule has 5 heteroatoms. The maximum absolute atomic E-state index is 6.90. The lowest BCUT2D eigenvalue weighted by molar-refractivity contribution is 0.481. The van der Waals surface area contributed by atoms with Gasteiger partial charge in [0, 0.05) is 40.5 Å². The molecule has 53 heavy (non-hydrogen) atoms. The summed E-state index contributed by atoms with van der Waals surface area (Å²) in [6, 6.07) is 44.0. The molecule has 0 bridgehead atoms. The van der Waals surface area contributed by atoms with Crippen LogP contribution in [0.2, 0.25) is 0 Å². The van der Waals surface area contributed by atoms with Crippen LogP contribution in [0, 0.1) is 0 Å². The van der Waals surface area contributed by atoms with Crippen molar-refractivity contribution < 1.29 is 4.74 Å². The van der Waals surface area contributed by atoms with Crippen molar-refractivity contribution in [2.45, 2.75) is 78.6 Å². The van der Waals surface area contributed by atoms with E-state index in [0.29, 0.717) is 11.8 Å². The number of anilines is 4. The summed E-state index contributed by atoms with van der Waals surface area (Å²) < 4.78 is 9.18. The summed E-state index contributed by atoms with van der Waals surface area (Å²) in [6.45, 7) is 16.5. The van der Waals surface area contributed by atoms with E-state index in [0.717, 1.165) is 53.5 Å². The topological polar surface area (TPSA) is 33.5 Å². The summed E-state index contributed by atoms with van der Waals surface area (Å²) in [6.07, 6.45) is 4.06. The van der Waals surface area contributed by atoms with Crippen LogP contribution in [0.1, 0.15) is 89.8 Å². The van der Waals surface area contributed by atoms with E-state index in [1.807, 2.05) is 6.20 Å². The molecule has 3 heterocycles. The summed E-state index contributed by atoms with van der Waals surface area (Å²) in [5, 5.41) is 2.38. The van der Waals surface area contributed by atoms with Crippen LogP contribution < -0.4 is 14.5 Å². The number of fused-ring (bicyclic) bond motifs is 4. The van der Waals surface area contributed by atoms with E-state index in [2.05, 4.69) is 184 Å². The predicted octanol–water partition coefficient (Wildman–Crippen LogP) is 13.5. The number of nitrogens with zero attached hydrogens (tertiary/aromatic N) is 4. The largest absolute Gasteiger partial charge is 0.457 e. The molecular weight excluding hydrogens is 649 g/mol. The number of para-hydroxylation sites is 3. The van der Waals surface area contributed by atoms with Gasteiger partial charge in [-0.2, -0.15) is 0 Å². The van der Waals surface area contributed by atoms with Crippen LogP contribution >= 0.6 is 0 Å². The Bertz CT molecular complexity index is 2430. The Balaban J connectivity index is 1.22. The van der Waals surface area contributed by atoms with E-state index in [9.17, 15) is 0 Å². The molecule has 1 aliphatic rings. The molecule has 0 fully saturated rings. The third-order valence-corrected chi connectivity index (χ3v) is 11.0. The Morgan fingerprint density at radius 1 is 0.642 bits per heavy atom. The zero-order chi connectivity index (χ0) is 36.9. The first-order valence-corrected chi connectivity index (χ1v) is 19.2. The fourth-order valence-electron chi connectivity index (χ4n) is 7.93. The number of hydrogen-bond acceptors (Lipinski definition) is 4. The molecule has 0 radical (unpaired) electrons. The van der Waals surface area contributed by atoms with Crippen LogP contribution in [-0.4, -0.2) is 16.2 Å². The Morgan fingerprint density at radius 2 is 1.34 bits per heavy atom. The monoisotopic (exact) mass is 698 g/mol. The maximum atomic E-state index is 6.90. The van der Waals surface area contributed by atoms with Crippen LogP contribution in [0.3, 0.4) is 0 Å². The summed E-state index contributed by atoms with van der Waals surface area (Å²) in [4.78, 5) is 9.75. The molecule has 0 spiro atoms. The minimum absolute atomic E-state index is 0.00723. The van der Waals surface area contributed by atoms with Gasteiger partial charge >= 0.3 is 0 Å². The van der Waals surface area contributed by atoms with Crippen molar-refractivity contribution in [2.24, 2.45) is 0 Å². The smallest absolute Gasteiger partial charge is 0.137 e. The van der Waals surface area contributed by atoms with Gasteiger partial charge in [-0.1, -0.05) is 90.9 Å². The lowest BCUT2D eigenvalue weighted by Gasteiger charge is -2.25. The van der Waals surface area contributed by atoms with Crippen LogP contribution in [0.25, 0.3) is 27.6 Å². The lowest BCUT2D eigenvalue weighted by atomic mass is 9.88. The second kappa shape index (κ2) is 13.8. The Labute approximate surface area is 314 Å². The Kier molecular flexibility index (Phi) is 8.98. The summed E-state index contributed by atoms with van der Waals surface area (Å²) in [7, 11) is 0. The number of hydrogen-bond donors (Lipinski definition) is 0. The molecule has 5 aromatic carbocycles. The van der Waals surface area contributed by atoms with Gasteiger partial charge in [0.2, 0.25) is 0 Å². The number of pyridine rings is 1. The van der Waals surface area contributed by atoms with Crippen LogP contribution in [0.5, 0.6) is 11.5 Å². The first kappa shape index (κ1) is 34.5. The highest BCUT2D eigenvalue weighted by molar-refractivity contribution is 6.09. The average Bonchev–Trinajstić information content (AvgIpc) is 3.71. The fraction of sp³-hybridized carbons (Fsp3) is 0.271. The van der Waals surface area contributed by atoms with E-state index in [1.165, 1.54) is 44.5 Å². The van der Waals surface area contributed by atoms with Crippen molar-refractivity contribution in [2.75, 3.05) is 16.5 Å². The van der Waals surface area contributed by atoms with Crippen molar-refractivity contribution in [3.05, 3.63) is 144 Å². The molecule has 1 aliphatic heterocycles. The second-order valence-electron chi connectivity index (χ2n) is 15.8. The first-order valence-electron chi connectivity index (χ1n) is 19.2. The van der Waals surface area contributed by atoms with Crippen molar-refractivity contribution in [1.29, 1.82) is 0 Å². The molecule has 0 saturated heterocycles. The predicted molar refractivity (Wildman–Crippen MR) is 223 cm³/mol. The number of aromatic nitrogens is 2. The maximum Gasteiger partial charge on any atom is 0.137 e. The van der Waals surface area contributed by atoms with E-state index in [1.54, 1.807) is 0 Å². The molecule has 0 amide bonds. The van der Waals surface area contributed by atoms with Crippen LogP contribution in [0.4, 0.5) is 22.7 Å². The summed E-state index contributed by atoms with van der Waals surface area (Å²) in [5.74, 6) is 3.45. The van der Waals surface area contributed by atoms with Gasteiger partial charge in [0.1, 0.15) is 24.0 Å². The van der Waals surface area contributed by atoms with Gasteiger partial charge in [-0.05, 0) is 114 Å². The van der Waals surface area contributed by atoms with Crippen molar-refractivity contribution >= 4 is 44.6 Å². The highest BCUT2D eigenvalue weighted by atomic mass is 16.5. The number of benzene rings is 5. The highest BCUT2D eigenvalue weighted by Crippen LogP contribution is 2.46. The quantitative estimate of drug-likeness (QED) is 0.150. The second-order valence-corrected chi connectivity index (χ2v) is 15.8. The molecule has 2 aromatic heterocycles. The molecule has 5 nitrogen and oxygen atoms in total. The standard InChI is InChI=1S/C48H50N4O/c1-8-33(9-2)35-26-38(51-31-50(44-19-12-13-20-45(44)51)37-16-14-15-34(25-37)32(3)4)29-40(27-35)53-39-21-22-42-41-17-10-11-18-43(41)52(46(42)30-39)47-28-36(23-24-49-47)48(5,6)7/h10-30,32-33H,8-9,31H2,1-7H3. The third kappa shape index (κ3) is 6.43. The van der Waals surface area contributed by atoms with Crippen LogP contribution in [0.15, 0.2) is 128 Å². The third-order valence-electron chi connectivity index (χ3n) is 11.0. The fourth-order valence-corrected chi connectivity index (χ4v) is 7.93. The van der Waals surface area contributed by atoms with E-state index in [-0.39, 0.29) is 5.41 Å². The molecular formula is C48H50N4O. The van der Waals surface area contributed by atoms with Gasteiger partial charge in [-0.3, -0.25) is 4.57 Å². The molecule has 0 atom stereocenters. The molecule has 8 rings (SSSR count). The van der Waals surface area contributed by atoms with Gasteiger partial charge in [0.15, 0.2) is 0 Å². The van der Waals surface area contributed by atoms with Gasteiger partial charge in [0.05, 0.1) is 22.4 Å². The molecule has 0 aliphatic carbocycles. The molecule has 0 unspecified atom stereocenters. The average molecular weight is 699 g/mol. The summed E-state index contributed by atoms with van der Waals surface area (Å²) in [5.41, 5.74) is 10.9. The normalized spacial score (nSPS) is 13.2. The number of ether oxygens (including phenoxy) is 1. The minimum Gasteiger partial charge on any atom is -0.457 e. The Morgan fingerprint density at radius 3 is 2.08 bits per heavy atom. The lowest BCUT2D eigenvalue weighted by Crippen LogP contribution is -2.24. The number of rotatable bonds is 9. The molecule has 0 N–H and O–H groups in total. The van der Waals surface area contributed by atoms with Crippen molar-refractivity contribution in [3.63, 3.8) is 0 Å². The van der Waals surface area contributed by atoms with Crippen molar-refractivity contribution in [1.82, 2.24) is 9.55 Å². The van der Waals surface area contributed by atoms with Crippen LogP contribution in [-0.2, 0) is 5.41 Å². The molecule has 7 aromatic rings.